The normalized spacial score (nSPS) is 12.0. The van der Waals surface area contributed by atoms with Crippen LogP contribution in [0.15, 0.2) is 6.33 Å². The Hall–Kier alpha value is -2.45. The van der Waals surface area contributed by atoms with Crippen molar-refractivity contribution in [2.45, 2.75) is 19.9 Å². The number of nitrogens with one attached hydrogen (secondary N) is 2. The summed E-state index contributed by atoms with van der Waals surface area (Å²) in [6.07, 6.45) is 1.17. The summed E-state index contributed by atoms with van der Waals surface area (Å²) in [5.74, 6) is -0.713. The molecule has 0 saturated carbocycles. The lowest BCUT2D eigenvalue weighted by atomic mass is 10.0. The van der Waals surface area contributed by atoms with Gasteiger partial charge in [-0.3, -0.25) is 14.9 Å². The van der Waals surface area contributed by atoms with Gasteiger partial charge in [0.25, 0.3) is 0 Å². The van der Waals surface area contributed by atoms with Crippen LogP contribution in [0.3, 0.4) is 0 Å². The first-order valence-corrected chi connectivity index (χ1v) is 5.61. The fourth-order valence-electron chi connectivity index (χ4n) is 1.55. The Kier molecular flexibility index (Phi) is 4.56. The second-order valence-electron chi connectivity index (χ2n) is 4.19. The van der Waals surface area contributed by atoms with Gasteiger partial charge in [0.2, 0.25) is 17.5 Å². The third kappa shape index (κ3) is 3.27. The predicted molar refractivity (Wildman–Crippen MR) is 69.7 cm³/mol. The average molecular weight is 268 g/mol. The van der Waals surface area contributed by atoms with Crippen LogP contribution < -0.4 is 16.4 Å². The first kappa shape index (κ1) is 14.6. The molecule has 4 N–H and O–H groups in total. The fourth-order valence-corrected chi connectivity index (χ4v) is 1.55. The van der Waals surface area contributed by atoms with Gasteiger partial charge < -0.3 is 16.4 Å². The van der Waals surface area contributed by atoms with Gasteiger partial charge in [0.1, 0.15) is 12.4 Å². The van der Waals surface area contributed by atoms with Gasteiger partial charge in [-0.1, -0.05) is 13.8 Å². The molecule has 104 valence electrons. The molecule has 0 aliphatic carbocycles. The summed E-state index contributed by atoms with van der Waals surface area (Å²) in [6.45, 7) is 3.54. The number of nitro groups is 1. The topological polar surface area (TPSA) is 136 Å². The van der Waals surface area contributed by atoms with E-state index in [1.807, 2.05) is 0 Å². The molecule has 1 unspecified atom stereocenters. The van der Waals surface area contributed by atoms with Gasteiger partial charge in [0.15, 0.2) is 0 Å². The average Bonchev–Trinajstić information content (AvgIpc) is 2.34. The highest BCUT2D eigenvalue weighted by Gasteiger charge is 2.27. The molecule has 9 nitrogen and oxygen atoms in total. The second kappa shape index (κ2) is 5.94. The Balaban J connectivity index is 3.20. The van der Waals surface area contributed by atoms with Crippen LogP contribution in [-0.2, 0) is 4.79 Å². The van der Waals surface area contributed by atoms with Crippen LogP contribution in [0.2, 0.25) is 0 Å². The minimum atomic E-state index is -0.752. The molecule has 0 aromatic carbocycles. The number of amides is 1. The molecule has 1 heterocycles. The van der Waals surface area contributed by atoms with Crippen molar-refractivity contribution < 1.29 is 9.72 Å². The number of nitrogens with two attached hydrogens (primary N) is 1. The lowest BCUT2D eigenvalue weighted by Crippen LogP contribution is -2.40. The summed E-state index contributed by atoms with van der Waals surface area (Å²) >= 11 is 0. The molecule has 19 heavy (non-hydrogen) atoms. The quantitative estimate of drug-likeness (QED) is 0.500. The largest absolute Gasteiger partial charge is 0.368 e. The first-order valence-electron chi connectivity index (χ1n) is 5.61. The van der Waals surface area contributed by atoms with Crippen molar-refractivity contribution in [3.05, 3.63) is 16.4 Å². The Labute approximate surface area is 109 Å². The van der Waals surface area contributed by atoms with E-state index in [1.165, 1.54) is 13.4 Å². The number of nitrogens with zero attached hydrogens (tertiary/aromatic N) is 3. The minimum Gasteiger partial charge on any atom is -0.368 e. The molecule has 1 aromatic heterocycles. The molecule has 0 aliphatic heterocycles. The smallest absolute Gasteiger partial charge is 0.353 e. The molecule has 1 aromatic rings. The van der Waals surface area contributed by atoms with Gasteiger partial charge in [0.05, 0.1) is 4.92 Å². The van der Waals surface area contributed by atoms with Crippen molar-refractivity contribution in [3.63, 3.8) is 0 Å². The fraction of sp³-hybridized carbons (Fsp3) is 0.500. The van der Waals surface area contributed by atoms with Crippen molar-refractivity contribution in [2.24, 2.45) is 11.7 Å². The van der Waals surface area contributed by atoms with E-state index in [1.54, 1.807) is 13.8 Å². The first-order chi connectivity index (χ1) is 8.88. The van der Waals surface area contributed by atoms with Crippen molar-refractivity contribution in [2.75, 3.05) is 17.7 Å². The van der Waals surface area contributed by atoms with Crippen molar-refractivity contribution >= 4 is 23.2 Å². The molecule has 0 radical (unpaired) electrons. The van der Waals surface area contributed by atoms with Gasteiger partial charge >= 0.3 is 5.69 Å². The van der Waals surface area contributed by atoms with Crippen LogP contribution in [0.1, 0.15) is 13.8 Å². The summed E-state index contributed by atoms with van der Waals surface area (Å²) in [6, 6.07) is -0.752. The maximum atomic E-state index is 11.3. The van der Waals surface area contributed by atoms with Gasteiger partial charge in [-0.2, -0.15) is 0 Å². The highest BCUT2D eigenvalue weighted by molar-refractivity contribution is 5.84. The third-order valence-corrected chi connectivity index (χ3v) is 2.51. The molecule has 0 spiro atoms. The molecular formula is C10H16N6O3. The number of carbonyl (C=O) groups is 1. The van der Waals surface area contributed by atoms with E-state index in [-0.39, 0.29) is 23.2 Å². The number of anilines is 2. The molecule has 0 fully saturated rings. The minimum absolute atomic E-state index is 0.0400. The Morgan fingerprint density at radius 3 is 2.42 bits per heavy atom. The Morgan fingerprint density at radius 2 is 2.00 bits per heavy atom. The van der Waals surface area contributed by atoms with Crippen molar-refractivity contribution in [1.29, 1.82) is 0 Å². The SMILES string of the molecule is CNc1ncnc(NC(C(N)=O)C(C)C)c1[N+](=O)[O-]. The second-order valence-corrected chi connectivity index (χ2v) is 4.19. The molecule has 1 amide bonds. The highest BCUT2D eigenvalue weighted by atomic mass is 16.6. The summed E-state index contributed by atoms with van der Waals surface area (Å²) in [5.41, 5.74) is 4.93. The number of hydrogen-bond acceptors (Lipinski definition) is 7. The summed E-state index contributed by atoms with van der Waals surface area (Å²) < 4.78 is 0. The van der Waals surface area contributed by atoms with Crippen LogP contribution in [0.4, 0.5) is 17.3 Å². The zero-order chi connectivity index (χ0) is 14.6. The molecule has 0 saturated heterocycles. The predicted octanol–water partition coefficient (Wildman–Crippen LogP) is 0.348. The maximum Gasteiger partial charge on any atom is 0.353 e. The summed E-state index contributed by atoms with van der Waals surface area (Å²) in [5, 5.41) is 16.3. The van der Waals surface area contributed by atoms with E-state index in [4.69, 9.17) is 5.73 Å². The molecule has 1 atom stereocenters. The maximum absolute atomic E-state index is 11.3. The van der Waals surface area contributed by atoms with Crippen LogP contribution >= 0.6 is 0 Å². The van der Waals surface area contributed by atoms with E-state index in [0.717, 1.165) is 0 Å². The van der Waals surface area contributed by atoms with Crippen molar-refractivity contribution in [1.82, 2.24) is 9.97 Å². The standard InChI is InChI=1S/C10H16N6O3/c1-5(2)6(8(11)17)15-10-7(16(18)19)9(12-3)13-4-14-10/h4-6H,1-3H3,(H2,11,17)(H2,12,13,14,15). The summed E-state index contributed by atoms with van der Waals surface area (Å²) in [4.78, 5) is 29.3. The van der Waals surface area contributed by atoms with Crippen LogP contribution in [0.25, 0.3) is 0 Å². The number of hydrogen-bond donors (Lipinski definition) is 3. The number of primary amides is 1. The van der Waals surface area contributed by atoms with Crippen LogP contribution in [0.5, 0.6) is 0 Å². The number of rotatable bonds is 6. The van der Waals surface area contributed by atoms with E-state index >= 15 is 0 Å². The molecule has 9 heteroatoms. The summed E-state index contributed by atoms with van der Waals surface area (Å²) in [7, 11) is 1.51. The zero-order valence-electron chi connectivity index (χ0n) is 10.9. The van der Waals surface area contributed by atoms with Crippen LogP contribution in [0, 0.1) is 16.0 Å². The lowest BCUT2D eigenvalue weighted by molar-refractivity contribution is -0.383. The molecule has 0 aliphatic rings. The van der Waals surface area contributed by atoms with Crippen molar-refractivity contribution in [3.8, 4) is 0 Å². The molecule has 1 rings (SSSR count). The third-order valence-electron chi connectivity index (χ3n) is 2.51. The molecular weight excluding hydrogens is 252 g/mol. The van der Waals surface area contributed by atoms with Gasteiger partial charge in [0, 0.05) is 7.05 Å². The Bertz CT molecular complexity index is 490. The number of aromatic nitrogens is 2. The van der Waals surface area contributed by atoms with E-state index in [0.29, 0.717) is 0 Å². The molecule has 0 bridgehead atoms. The van der Waals surface area contributed by atoms with Gasteiger partial charge in [-0.15, -0.1) is 0 Å². The monoisotopic (exact) mass is 268 g/mol. The van der Waals surface area contributed by atoms with Gasteiger partial charge in [-0.05, 0) is 5.92 Å². The van der Waals surface area contributed by atoms with E-state index in [2.05, 4.69) is 20.6 Å². The highest BCUT2D eigenvalue weighted by Crippen LogP contribution is 2.29. The van der Waals surface area contributed by atoms with Gasteiger partial charge in [-0.25, -0.2) is 9.97 Å². The number of carbonyl (C=O) groups excluding carboxylic acids is 1. The lowest BCUT2D eigenvalue weighted by Gasteiger charge is -2.19. The van der Waals surface area contributed by atoms with Crippen LogP contribution in [-0.4, -0.2) is 33.9 Å². The Morgan fingerprint density at radius 1 is 1.42 bits per heavy atom. The van der Waals surface area contributed by atoms with E-state index < -0.39 is 16.9 Å². The van der Waals surface area contributed by atoms with E-state index in [9.17, 15) is 14.9 Å². The zero-order valence-corrected chi connectivity index (χ0v) is 10.9.